The van der Waals surface area contributed by atoms with Gasteiger partial charge in [0.05, 0.1) is 0 Å². The summed E-state index contributed by atoms with van der Waals surface area (Å²) in [6.07, 6.45) is 0. The van der Waals surface area contributed by atoms with Crippen molar-refractivity contribution in [1.82, 2.24) is 0 Å². The third-order valence-electron chi connectivity index (χ3n) is 9.75. The van der Waals surface area contributed by atoms with Gasteiger partial charge >= 0.3 is 0 Å². The number of hydrogen-bond acceptors (Lipinski definition) is 2. The van der Waals surface area contributed by atoms with E-state index in [0.29, 0.717) is 0 Å². The lowest BCUT2D eigenvalue weighted by atomic mass is 9.75. The number of fused-ring (bicyclic) bond motifs is 5. The number of rotatable bonds is 4. The average molecular weight is 570 g/mol. The van der Waals surface area contributed by atoms with Crippen LogP contribution in [0.15, 0.2) is 133 Å². The van der Waals surface area contributed by atoms with Crippen molar-refractivity contribution < 1.29 is 4.74 Å². The number of para-hydroxylation sites is 2. The van der Waals surface area contributed by atoms with Crippen molar-refractivity contribution in [2.75, 3.05) is 5.32 Å². The average Bonchev–Trinajstić information content (AvgIpc) is 3.28. The smallest absolute Gasteiger partial charge is 0.139 e. The zero-order chi connectivity index (χ0) is 30.1. The quantitative estimate of drug-likeness (QED) is 0.228. The first-order chi connectivity index (χ1) is 21.3. The van der Waals surface area contributed by atoms with Gasteiger partial charge in [0.1, 0.15) is 11.5 Å². The van der Waals surface area contributed by atoms with E-state index in [2.05, 4.69) is 160 Å². The van der Waals surface area contributed by atoms with Crippen molar-refractivity contribution in [3.05, 3.63) is 156 Å². The maximum absolute atomic E-state index is 6.51. The summed E-state index contributed by atoms with van der Waals surface area (Å²) >= 11 is 0. The number of anilines is 2. The molecule has 0 spiro atoms. The predicted molar refractivity (Wildman–Crippen MR) is 183 cm³/mol. The summed E-state index contributed by atoms with van der Waals surface area (Å²) in [7, 11) is 0. The van der Waals surface area contributed by atoms with Crippen molar-refractivity contribution >= 4 is 11.4 Å². The highest BCUT2D eigenvalue weighted by Gasteiger charge is 2.36. The molecule has 2 nitrogen and oxygen atoms in total. The molecular weight excluding hydrogens is 534 g/mol. The van der Waals surface area contributed by atoms with Crippen LogP contribution in [0.3, 0.4) is 0 Å². The SMILES string of the molecule is CC1(C)c2ccccc2-c2ccc(-c3ccc(Nc4ccc(-c5cccc6c5Oc5ccccc5C6(C)C)cc4)cc3)cc21. The van der Waals surface area contributed by atoms with E-state index in [1.54, 1.807) is 0 Å². The van der Waals surface area contributed by atoms with Crippen molar-refractivity contribution in [3.8, 4) is 44.9 Å². The fourth-order valence-electron chi connectivity index (χ4n) is 7.22. The van der Waals surface area contributed by atoms with Gasteiger partial charge in [-0.1, -0.05) is 125 Å². The molecule has 0 bridgehead atoms. The zero-order valence-electron chi connectivity index (χ0n) is 25.6. The molecule has 1 heterocycles. The normalized spacial score (nSPS) is 14.9. The van der Waals surface area contributed by atoms with Crippen LogP contribution in [-0.4, -0.2) is 0 Å². The number of hydrogen-bond donors (Lipinski definition) is 1. The minimum absolute atomic E-state index is 0.00145. The fraction of sp³-hybridized carbons (Fsp3) is 0.143. The van der Waals surface area contributed by atoms with Crippen LogP contribution >= 0.6 is 0 Å². The van der Waals surface area contributed by atoms with E-state index in [-0.39, 0.29) is 10.8 Å². The molecule has 0 aromatic heterocycles. The van der Waals surface area contributed by atoms with E-state index < -0.39 is 0 Å². The first kappa shape index (κ1) is 26.5. The van der Waals surface area contributed by atoms with Gasteiger partial charge in [-0.2, -0.15) is 0 Å². The molecular formula is C42H35NO. The van der Waals surface area contributed by atoms with E-state index >= 15 is 0 Å². The lowest BCUT2D eigenvalue weighted by molar-refractivity contribution is 0.419. The van der Waals surface area contributed by atoms with Gasteiger partial charge in [0.25, 0.3) is 0 Å². The minimum Gasteiger partial charge on any atom is -0.456 e. The van der Waals surface area contributed by atoms with Gasteiger partial charge in [-0.05, 0) is 75.3 Å². The monoisotopic (exact) mass is 569 g/mol. The Hall–Kier alpha value is -5.08. The second-order valence-electron chi connectivity index (χ2n) is 13.1. The molecule has 2 heteroatoms. The molecule has 0 saturated heterocycles. The van der Waals surface area contributed by atoms with E-state index in [9.17, 15) is 0 Å². The van der Waals surface area contributed by atoms with Crippen LogP contribution in [0.2, 0.25) is 0 Å². The molecule has 2 aliphatic rings. The van der Waals surface area contributed by atoms with Crippen molar-refractivity contribution in [2.24, 2.45) is 0 Å². The molecule has 1 N–H and O–H groups in total. The third kappa shape index (κ3) is 4.09. The van der Waals surface area contributed by atoms with Crippen molar-refractivity contribution in [3.63, 3.8) is 0 Å². The number of ether oxygens (including phenoxy) is 1. The van der Waals surface area contributed by atoms with Crippen LogP contribution in [0.1, 0.15) is 49.9 Å². The van der Waals surface area contributed by atoms with E-state index in [1.807, 2.05) is 6.07 Å². The summed E-state index contributed by atoms with van der Waals surface area (Å²) in [5.41, 5.74) is 14.7. The van der Waals surface area contributed by atoms with Gasteiger partial charge in [0.15, 0.2) is 0 Å². The summed E-state index contributed by atoms with van der Waals surface area (Å²) in [4.78, 5) is 0. The van der Waals surface area contributed by atoms with Crippen LogP contribution in [0.4, 0.5) is 11.4 Å². The Bertz CT molecular complexity index is 2050. The van der Waals surface area contributed by atoms with E-state index in [4.69, 9.17) is 4.74 Å². The molecule has 0 atom stereocenters. The maximum atomic E-state index is 6.51. The highest BCUT2D eigenvalue weighted by molar-refractivity contribution is 5.84. The molecule has 0 unspecified atom stereocenters. The Morgan fingerprint density at radius 3 is 1.73 bits per heavy atom. The first-order valence-corrected chi connectivity index (χ1v) is 15.4. The number of nitrogens with one attached hydrogen (secondary N) is 1. The summed E-state index contributed by atoms with van der Waals surface area (Å²) in [5, 5.41) is 3.59. The van der Waals surface area contributed by atoms with Gasteiger partial charge < -0.3 is 10.1 Å². The standard InChI is InChI=1S/C42H35NO/c1-41(2)35-12-6-5-10-33(35)34-25-20-29(26-38(34)41)27-16-21-30(22-17-27)43-31-23-18-28(19-24-31)32-11-9-14-37-40(32)44-39-15-8-7-13-36(39)42(37,3)4/h5-26,43H,1-4H3. The van der Waals surface area contributed by atoms with Gasteiger partial charge in [0.2, 0.25) is 0 Å². The summed E-state index contributed by atoms with van der Waals surface area (Å²) in [6.45, 7) is 9.22. The Balaban J connectivity index is 1.03. The van der Waals surface area contributed by atoms with Crippen LogP contribution < -0.4 is 10.1 Å². The molecule has 8 rings (SSSR count). The van der Waals surface area contributed by atoms with E-state index in [0.717, 1.165) is 34.0 Å². The first-order valence-electron chi connectivity index (χ1n) is 15.4. The molecule has 0 radical (unpaired) electrons. The molecule has 44 heavy (non-hydrogen) atoms. The largest absolute Gasteiger partial charge is 0.456 e. The maximum Gasteiger partial charge on any atom is 0.139 e. The van der Waals surface area contributed by atoms with Gasteiger partial charge in [-0.15, -0.1) is 0 Å². The second-order valence-corrected chi connectivity index (χ2v) is 13.1. The highest BCUT2D eigenvalue weighted by Crippen LogP contribution is 2.51. The highest BCUT2D eigenvalue weighted by atomic mass is 16.5. The van der Waals surface area contributed by atoms with E-state index in [1.165, 1.54) is 44.5 Å². The topological polar surface area (TPSA) is 21.3 Å². The zero-order valence-corrected chi connectivity index (χ0v) is 25.6. The molecule has 0 amide bonds. The molecule has 0 saturated carbocycles. The van der Waals surface area contributed by atoms with Gasteiger partial charge in [-0.25, -0.2) is 0 Å². The van der Waals surface area contributed by atoms with Crippen LogP contribution in [0.5, 0.6) is 11.5 Å². The molecule has 6 aromatic rings. The summed E-state index contributed by atoms with van der Waals surface area (Å²) in [5.74, 6) is 1.89. The minimum atomic E-state index is -0.130. The lowest BCUT2D eigenvalue weighted by Crippen LogP contribution is -2.24. The Morgan fingerprint density at radius 1 is 0.432 bits per heavy atom. The fourth-order valence-corrected chi connectivity index (χ4v) is 7.22. The van der Waals surface area contributed by atoms with Crippen LogP contribution in [0.25, 0.3) is 33.4 Å². The van der Waals surface area contributed by atoms with Crippen LogP contribution in [-0.2, 0) is 10.8 Å². The Morgan fingerprint density at radius 2 is 0.977 bits per heavy atom. The molecule has 0 fully saturated rings. The molecule has 214 valence electrons. The van der Waals surface area contributed by atoms with Crippen molar-refractivity contribution in [1.29, 1.82) is 0 Å². The van der Waals surface area contributed by atoms with Gasteiger partial charge in [0, 0.05) is 38.9 Å². The lowest BCUT2D eigenvalue weighted by Gasteiger charge is -2.35. The second kappa shape index (κ2) is 9.72. The molecule has 6 aromatic carbocycles. The third-order valence-corrected chi connectivity index (χ3v) is 9.75. The summed E-state index contributed by atoms with van der Waals surface area (Å²) < 4.78 is 6.51. The predicted octanol–water partition coefficient (Wildman–Crippen LogP) is 11.5. The molecule has 1 aliphatic heterocycles. The Kier molecular flexibility index (Phi) is 5.86. The Labute approximate surface area is 260 Å². The number of benzene rings is 6. The van der Waals surface area contributed by atoms with Gasteiger partial charge in [-0.3, -0.25) is 0 Å². The van der Waals surface area contributed by atoms with Crippen molar-refractivity contribution in [2.45, 2.75) is 38.5 Å². The molecule has 1 aliphatic carbocycles. The van der Waals surface area contributed by atoms with Crippen LogP contribution in [0, 0.1) is 0 Å². The summed E-state index contributed by atoms with van der Waals surface area (Å²) in [6, 6.07) is 48.0.